The number of aromatic nitrogens is 1. The molecule has 1 N–H and O–H groups in total. The Labute approximate surface area is 158 Å². The quantitative estimate of drug-likeness (QED) is 0.846. The first-order valence-corrected chi connectivity index (χ1v) is 9.39. The predicted octanol–water partition coefficient (Wildman–Crippen LogP) is 2.44. The van der Waals surface area contributed by atoms with Gasteiger partial charge in [-0.1, -0.05) is 25.9 Å². The number of ether oxygens (including phenoxy) is 2. The van der Waals surface area contributed by atoms with Gasteiger partial charge in [0.1, 0.15) is 11.9 Å². The number of morpholine rings is 1. The summed E-state index contributed by atoms with van der Waals surface area (Å²) in [6.07, 6.45) is 0.602. The van der Waals surface area contributed by atoms with Crippen molar-refractivity contribution in [2.24, 2.45) is 0 Å². The van der Waals surface area contributed by atoms with Gasteiger partial charge in [-0.15, -0.1) is 0 Å². The highest BCUT2D eigenvalue weighted by Gasteiger charge is 2.30. The van der Waals surface area contributed by atoms with E-state index in [-0.39, 0.29) is 17.6 Å². The van der Waals surface area contributed by atoms with E-state index in [9.17, 15) is 9.59 Å². The number of carbonyl (C=O) groups excluding carboxylic acids is 2. The molecule has 0 spiro atoms. The Morgan fingerprint density at radius 2 is 1.96 bits per heavy atom. The number of nitrogens with one attached hydrogen (secondary N) is 1. The Bertz CT molecular complexity index is 663. The van der Waals surface area contributed by atoms with E-state index >= 15 is 0 Å². The molecule has 2 aliphatic heterocycles. The molecule has 9 nitrogen and oxygen atoms in total. The van der Waals surface area contributed by atoms with Crippen LogP contribution in [0.1, 0.15) is 39.4 Å². The monoisotopic (exact) mass is 380 g/mol. The number of amides is 3. The second-order valence-electron chi connectivity index (χ2n) is 7.95. The van der Waals surface area contributed by atoms with Gasteiger partial charge in [-0.25, -0.2) is 9.59 Å². The first-order chi connectivity index (χ1) is 12.8. The van der Waals surface area contributed by atoms with E-state index in [1.54, 1.807) is 15.9 Å². The van der Waals surface area contributed by atoms with Gasteiger partial charge in [-0.05, 0) is 12.8 Å². The number of hydrogen-bond acceptors (Lipinski definition) is 6. The molecule has 3 rings (SSSR count). The van der Waals surface area contributed by atoms with Gasteiger partial charge < -0.3 is 23.8 Å². The lowest BCUT2D eigenvalue weighted by Gasteiger charge is -2.37. The lowest BCUT2D eigenvalue weighted by Crippen LogP contribution is -2.52. The van der Waals surface area contributed by atoms with Crippen molar-refractivity contribution in [1.29, 1.82) is 0 Å². The summed E-state index contributed by atoms with van der Waals surface area (Å²) in [4.78, 5) is 28.3. The van der Waals surface area contributed by atoms with E-state index < -0.39 is 6.09 Å². The maximum absolute atomic E-state index is 12.6. The number of urea groups is 1. The maximum atomic E-state index is 12.6. The Hall–Kier alpha value is -2.29. The molecule has 0 radical (unpaired) electrons. The summed E-state index contributed by atoms with van der Waals surface area (Å²) in [6.45, 7) is 9.40. The Kier molecular flexibility index (Phi) is 5.88. The molecule has 150 valence electrons. The van der Waals surface area contributed by atoms with E-state index in [4.69, 9.17) is 14.0 Å². The Morgan fingerprint density at radius 3 is 2.63 bits per heavy atom. The van der Waals surface area contributed by atoms with Crippen LogP contribution in [0.3, 0.4) is 0 Å². The lowest BCUT2D eigenvalue weighted by atomic mass is 9.93. The second-order valence-corrected chi connectivity index (χ2v) is 7.95. The molecule has 1 unspecified atom stereocenters. The molecular formula is C18H28N4O5. The van der Waals surface area contributed by atoms with Crippen molar-refractivity contribution in [1.82, 2.24) is 15.0 Å². The van der Waals surface area contributed by atoms with Crippen LogP contribution in [0.15, 0.2) is 10.6 Å². The molecule has 0 bridgehead atoms. The number of rotatable bonds is 2. The average molecular weight is 380 g/mol. The van der Waals surface area contributed by atoms with Crippen LogP contribution in [-0.4, -0.2) is 72.6 Å². The fourth-order valence-corrected chi connectivity index (χ4v) is 3.14. The van der Waals surface area contributed by atoms with Crippen LogP contribution in [0.2, 0.25) is 0 Å². The topological polar surface area (TPSA) is 97.1 Å². The van der Waals surface area contributed by atoms with Crippen LogP contribution >= 0.6 is 0 Å². The van der Waals surface area contributed by atoms with E-state index in [1.807, 2.05) is 20.8 Å². The van der Waals surface area contributed by atoms with Crippen LogP contribution < -0.4 is 5.32 Å². The molecule has 1 aromatic rings. The van der Waals surface area contributed by atoms with E-state index in [2.05, 4.69) is 10.5 Å². The number of carbonyl (C=O) groups is 2. The fourth-order valence-electron chi connectivity index (χ4n) is 3.14. The summed E-state index contributed by atoms with van der Waals surface area (Å²) in [5, 5.41) is 6.44. The minimum absolute atomic E-state index is 0.0154. The van der Waals surface area contributed by atoms with Gasteiger partial charge in [0.05, 0.1) is 19.8 Å². The maximum Gasteiger partial charge on any atom is 0.413 e. The van der Waals surface area contributed by atoms with Gasteiger partial charge in [0.15, 0.2) is 5.82 Å². The summed E-state index contributed by atoms with van der Waals surface area (Å²) in [5.74, 6) is 1.000. The molecule has 0 aliphatic carbocycles. The third-order valence-corrected chi connectivity index (χ3v) is 4.68. The smallest absolute Gasteiger partial charge is 0.413 e. The van der Waals surface area contributed by atoms with Crippen molar-refractivity contribution >= 4 is 17.9 Å². The van der Waals surface area contributed by atoms with Crippen molar-refractivity contribution in [2.45, 2.75) is 45.1 Å². The largest absolute Gasteiger partial charge is 0.444 e. The van der Waals surface area contributed by atoms with Crippen LogP contribution in [0.25, 0.3) is 0 Å². The molecule has 2 fully saturated rings. The number of anilines is 1. The van der Waals surface area contributed by atoms with Gasteiger partial charge in [-0.2, -0.15) is 0 Å². The molecule has 27 heavy (non-hydrogen) atoms. The van der Waals surface area contributed by atoms with Crippen molar-refractivity contribution < 1.29 is 23.6 Å². The third-order valence-electron chi connectivity index (χ3n) is 4.68. The zero-order chi connectivity index (χ0) is 19.4. The van der Waals surface area contributed by atoms with Crippen LogP contribution in [0.4, 0.5) is 15.4 Å². The second kappa shape index (κ2) is 8.16. The van der Waals surface area contributed by atoms with E-state index in [0.717, 1.165) is 12.8 Å². The first-order valence-electron chi connectivity index (χ1n) is 9.39. The number of hydrogen-bond donors (Lipinski definition) is 1. The average Bonchev–Trinajstić information content (AvgIpc) is 3.11. The minimum atomic E-state index is -0.588. The van der Waals surface area contributed by atoms with Crippen molar-refractivity contribution in [3.63, 3.8) is 0 Å². The van der Waals surface area contributed by atoms with E-state index in [0.29, 0.717) is 51.0 Å². The first kappa shape index (κ1) is 19.5. The fraction of sp³-hybridized carbons (Fsp3) is 0.722. The van der Waals surface area contributed by atoms with Crippen molar-refractivity contribution in [2.75, 3.05) is 44.7 Å². The highest BCUT2D eigenvalue weighted by atomic mass is 16.6. The zero-order valence-corrected chi connectivity index (χ0v) is 16.2. The summed E-state index contributed by atoms with van der Waals surface area (Å²) in [6, 6.07) is 1.68. The summed E-state index contributed by atoms with van der Waals surface area (Å²) >= 11 is 0. The van der Waals surface area contributed by atoms with Crippen molar-refractivity contribution in [3.05, 3.63) is 11.8 Å². The van der Waals surface area contributed by atoms with Gasteiger partial charge in [0.25, 0.3) is 0 Å². The molecule has 1 aromatic heterocycles. The Balaban J connectivity index is 1.50. The van der Waals surface area contributed by atoms with Crippen LogP contribution in [0.5, 0.6) is 0 Å². The molecule has 3 heterocycles. The molecule has 0 aromatic carbocycles. The molecule has 2 saturated heterocycles. The number of likely N-dealkylation sites (tertiary alicyclic amines) is 1. The standard InChI is InChI=1S/C18H28N4O5/c1-18(2,3)14-11-15(20-27-14)19-16(23)26-13-5-4-6-22(12-13)17(24)21-7-9-25-10-8-21/h11,13H,4-10,12H2,1-3H3,(H,19,20,23). The molecule has 3 amide bonds. The van der Waals surface area contributed by atoms with E-state index in [1.165, 1.54) is 0 Å². The lowest BCUT2D eigenvalue weighted by molar-refractivity contribution is 0.0257. The zero-order valence-electron chi connectivity index (χ0n) is 16.2. The molecule has 0 saturated carbocycles. The molecule has 2 aliphatic rings. The van der Waals surface area contributed by atoms with Gasteiger partial charge >= 0.3 is 12.1 Å². The molecule has 1 atom stereocenters. The van der Waals surface area contributed by atoms with Crippen LogP contribution in [0, 0.1) is 0 Å². The summed E-state index contributed by atoms with van der Waals surface area (Å²) in [5.41, 5.74) is -0.194. The van der Waals surface area contributed by atoms with Gasteiger partial charge in [-0.3, -0.25) is 5.32 Å². The number of nitrogens with zero attached hydrogens (tertiary/aromatic N) is 3. The summed E-state index contributed by atoms with van der Waals surface area (Å²) < 4.78 is 16.0. The molecule has 9 heteroatoms. The SMILES string of the molecule is CC(C)(C)c1cc(NC(=O)OC2CCCN(C(=O)N3CCOCC3)C2)no1. The summed E-state index contributed by atoms with van der Waals surface area (Å²) in [7, 11) is 0. The van der Waals surface area contributed by atoms with Crippen LogP contribution in [-0.2, 0) is 14.9 Å². The highest BCUT2D eigenvalue weighted by molar-refractivity contribution is 5.83. The number of piperidine rings is 1. The minimum Gasteiger partial charge on any atom is -0.444 e. The van der Waals surface area contributed by atoms with Gasteiger partial charge in [0.2, 0.25) is 0 Å². The third kappa shape index (κ3) is 5.12. The molecular weight excluding hydrogens is 352 g/mol. The predicted molar refractivity (Wildman–Crippen MR) is 97.7 cm³/mol. The van der Waals surface area contributed by atoms with Crippen molar-refractivity contribution in [3.8, 4) is 0 Å². The van der Waals surface area contributed by atoms with Gasteiger partial charge in [0, 0.05) is 31.1 Å². The normalized spacial score (nSPS) is 21.1. The highest BCUT2D eigenvalue weighted by Crippen LogP contribution is 2.24. The Morgan fingerprint density at radius 1 is 1.22 bits per heavy atom.